The van der Waals surface area contributed by atoms with Crippen LogP contribution in [0.4, 0.5) is 20.4 Å². The summed E-state index contributed by atoms with van der Waals surface area (Å²) in [7, 11) is 0. The highest BCUT2D eigenvalue weighted by Crippen LogP contribution is 2.54. The first-order valence-corrected chi connectivity index (χ1v) is 10.1. The number of carbonyl (C=O) groups is 2. The van der Waals surface area contributed by atoms with Crippen LogP contribution in [-0.2, 0) is 21.5 Å². The first kappa shape index (κ1) is 20.2. The van der Waals surface area contributed by atoms with Crippen molar-refractivity contribution in [3.8, 4) is 11.5 Å². The van der Waals surface area contributed by atoms with E-state index in [9.17, 15) is 18.4 Å². The van der Waals surface area contributed by atoms with Crippen LogP contribution in [0.2, 0.25) is 0 Å². The normalized spacial score (nSPS) is 20.4. The predicted octanol–water partition coefficient (Wildman–Crippen LogP) is 1.60. The molecule has 0 spiro atoms. The van der Waals surface area contributed by atoms with E-state index in [4.69, 9.17) is 11.5 Å². The molecule has 5 rings (SSSR count). The summed E-state index contributed by atoms with van der Waals surface area (Å²) < 4.78 is 28.2. The number of carbonyl (C=O) groups excluding carboxylic acids is 2. The average Bonchev–Trinajstić information content (AvgIpc) is 3.42. The minimum Gasteiger partial charge on any atom is -0.383 e. The number of alkyl halides is 2. The van der Waals surface area contributed by atoms with Gasteiger partial charge in [-0.25, -0.2) is 28.4 Å². The van der Waals surface area contributed by atoms with Gasteiger partial charge in [0.1, 0.15) is 17.3 Å². The second-order valence-electron chi connectivity index (χ2n) is 8.32. The van der Waals surface area contributed by atoms with Crippen molar-refractivity contribution in [3.05, 3.63) is 23.9 Å². The number of nitrogens with two attached hydrogens (primary N) is 2. The number of halogens is 2. The highest BCUT2D eigenvalue weighted by Gasteiger charge is 2.62. The predicted molar refractivity (Wildman–Crippen MR) is 110 cm³/mol. The number of rotatable bonds is 6. The van der Waals surface area contributed by atoms with Crippen molar-refractivity contribution < 1.29 is 18.4 Å². The fraction of sp³-hybridized carbons (Fsp3) is 0.400. The number of fused-ring (bicyclic) bond motifs is 2. The molecule has 166 valence electrons. The fourth-order valence-corrected chi connectivity index (χ4v) is 4.36. The molecule has 3 aromatic rings. The Hall–Kier alpha value is -3.70. The Kier molecular flexibility index (Phi) is 4.20. The summed E-state index contributed by atoms with van der Waals surface area (Å²) in [6, 6.07) is 3.39. The van der Waals surface area contributed by atoms with Crippen LogP contribution in [0.5, 0.6) is 0 Å². The van der Waals surface area contributed by atoms with Crippen molar-refractivity contribution in [1.29, 1.82) is 0 Å². The van der Waals surface area contributed by atoms with E-state index >= 15 is 0 Å². The molecule has 1 aliphatic carbocycles. The number of primary amides is 1. The minimum absolute atomic E-state index is 0.0549. The average molecular weight is 442 g/mol. The van der Waals surface area contributed by atoms with Gasteiger partial charge in [-0.1, -0.05) is 0 Å². The van der Waals surface area contributed by atoms with Crippen LogP contribution in [0.3, 0.4) is 0 Å². The standard InChI is InChI=1S/C20H20F2N8O2/c1-19(21,22)6-8-30-16-10(3-2-7-25-16)12(29-30)15-26-13(23)11-14(27-15)28-18(32)20(11,17(24)31)9-4-5-9/h2-3,7,9H,4-6,8H2,1H3,(H2,24,31)(H3,23,26,27,28,32). The molecule has 0 aromatic carbocycles. The molecule has 1 atom stereocenters. The minimum atomic E-state index is -2.87. The molecular weight excluding hydrogens is 422 g/mol. The topological polar surface area (TPSA) is 155 Å². The largest absolute Gasteiger partial charge is 0.383 e. The first-order chi connectivity index (χ1) is 15.1. The summed E-state index contributed by atoms with van der Waals surface area (Å²) in [5.41, 5.74) is 11.1. The van der Waals surface area contributed by atoms with Gasteiger partial charge in [-0.05, 0) is 37.8 Å². The zero-order valence-electron chi connectivity index (χ0n) is 17.1. The maximum absolute atomic E-state index is 13.4. The zero-order valence-corrected chi connectivity index (χ0v) is 17.1. The Morgan fingerprint density at radius 2 is 2.12 bits per heavy atom. The van der Waals surface area contributed by atoms with Gasteiger partial charge in [-0.3, -0.25) is 9.59 Å². The number of aromatic nitrogens is 5. The number of nitrogens with one attached hydrogen (secondary N) is 1. The van der Waals surface area contributed by atoms with Gasteiger partial charge in [-0.15, -0.1) is 0 Å². The number of pyridine rings is 1. The molecule has 4 heterocycles. The van der Waals surface area contributed by atoms with E-state index in [0.717, 1.165) is 6.92 Å². The van der Waals surface area contributed by atoms with Crippen molar-refractivity contribution >= 4 is 34.5 Å². The highest BCUT2D eigenvalue weighted by atomic mass is 19.3. The van der Waals surface area contributed by atoms with Crippen molar-refractivity contribution in [3.63, 3.8) is 0 Å². The van der Waals surface area contributed by atoms with Crippen molar-refractivity contribution in [2.45, 2.75) is 44.1 Å². The van der Waals surface area contributed by atoms with Crippen LogP contribution in [0.15, 0.2) is 18.3 Å². The lowest BCUT2D eigenvalue weighted by Crippen LogP contribution is -2.49. The number of aryl methyl sites for hydroxylation is 1. The van der Waals surface area contributed by atoms with Crippen LogP contribution in [-0.4, -0.2) is 42.5 Å². The highest BCUT2D eigenvalue weighted by molar-refractivity contribution is 6.21. The summed E-state index contributed by atoms with van der Waals surface area (Å²) in [4.78, 5) is 38.2. The molecule has 0 saturated heterocycles. The third-order valence-electron chi connectivity index (χ3n) is 5.98. The van der Waals surface area contributed by atoms with Gasteiger partial charge in [-0.2, -0.15) is 5.10 Å². The molecule has 1 saturated carbocycles. The second kappa shape index (κ2) is 6.65. The van der Waals surface area contributed by atoms with Gasteiger partial charge in [0.05, 0.1) is 10.9 Å². The Balaban J connectivity index is 1.64. The van der Waals surface area contributed by atoms with Gasteiger partial charge in [0.15, 0.2) is 16.9 Å². The number of hydrogen-bond acceptors (Lipinski definition) is 7. The number of nitrogen functional groups attached to an aromatic ring is 1. The Morgan fingerprint density at radius 3 is 2.78 bits per heavy atom. The number of nitrogens with zero attached hydrogens (tertiary/aromatic N) is 5. The third kappa shape index (κ3) is 2.89. The maximum atomic E-state index is 13.4. The zero-order chi connectivity index (χ0) is 22.8. The van der Waals surface area contributed by atoms with E-state index in [1.54, 1.807) is 12.1 Å². The smallest absolute Gasteiger partial charge is 0.247 e. The second-order valence-corrected chi connectivity index (χ2v) is 8.32. The molecule has 10 nitrogen and oxygen atoms in total. The van der Waals surface area contributed by atoms with Crippen molar-refractivity contribution in [1.82, 2.24) is 24.7 Å². The molecule has 2 amide bonds. The molecule has 0 bridgehead atoms. The van der Waals surface area contributed by atoms with Crippen LogP contribution >= 0.6 is 0 Å². The van der Waals surface area contributed by atoms with Crippen molar-refractivity contribution in [2.75, 3.05) is 11.1 Å². The van der Waals surface area contributed by atoms with Gasteiger partial charge in [0.2, 0.25) is 17.7 Å². The fourth-order valence-electron chi connectivity index (χ4n) is 4.36. The molecule has 2 aliphatic rings. The molecule has 1 aliphatic heterocycles. The van der Waals surface area contributed by atoms with E-state index in [-0.39, 0.29) is 41.2 Å². The van der Waals surface area contributed by atoms with E-state index < -0.39 is 29.6 Å². The molecule has 3 aromatic heterocycles. The lowest BCUT2D eigenvalue weighted by molar-refractivity contribution is -0.133. The Labute approximate surface area is 180 Å². The summed E-state index contributed by atoms with van der Waals surface area (Å²) in [6.07, 6.45) is 2.44. The van der Waals surface area contributed by atoms with Crippen molar-refractivity contribution in [2.24, 2.45) is 11.7 Å². The summed E-state index contributed by atoms with van der Waals surface area (Å²) in [5.74, 6) is -4.35. The summed E-state index contributed by atoms with van der Waals surface area (Å²) in [6.45, 7) is 0.769. The van der Waals surface area contributed by atoms with Crippen LogP contribution in [0.25, 0.3) is 22.6 Å². The molecule has 5 N–H and O–H groups in total. The molecule has 12 heteroatoms. The van der Waals surface area contributed by atoms with Crippen LogP contribution in [0.1, 0.15) is 31.7 Å². The van der Waals surface area contributed by atoms with Crippen LogP contribution in [0, 0.1) is 5.92 Å². The van der Waals surface area contributed by atoms with Gasteiger partial charge < -0.3 is 16.8 Å². The lowest BCUT2D eigenvalue weighted by Gasteiger charge is -2.23. The molecule has 0 radical (unpaired) electrons. The van der Waals surface area contributed by atoms with Gasteiger partial charge in [0, 0.05) is 19.2 Å². The quantitative estimate of drug-likeness (QED) is 0.490. The Morgan fingerprint density at radius 1 is 1.38 bits per heavy atom. The summed E-state index contributed by atoms with van der Waals surface area (Å²) in [5, 5.41) is 7.57. The number of anilines is 2. The van der Waals surface area contributed by atoms with Crippen LogP contribution < -0.4 is 16.8 Å². The van der Waals surface area contributed by atoms with E-state index in [0.29, 0.717) is 23.9 Å². The molecule has 1 unspecified atom stereocenters. The van der Waals surface area contributed by atoms with E-state index in [2.05, 4.69) is 25.4 Å². The number of amides is 2. The Bertz CT molecular complexity index is 1280. The van der Waals surface area contributed by atoms with Gasteiger partial charge >= 0.3 is 0 Å². The summed E-state index contributed by atoms with van der Waals surface area (Å²) >= 11 is 0. The SMILES string of the molecule is CC(F)(F)CCn1nc(-c2nc(N)c3c(n2)NC(=O)C3(C(N)=O)C2CC2)c2cccnc21. The molecule has 1 fully saturated rings. The first-order valence-electron chi connectivity index (χ1n) is 10.1. The van der Waals surface area contributed by atoms with E-state index in [1.807, 2.05) is 0 Å². The molecule has 32 heavy (non-hydrogen) atoms. The molecular formula is C20H20F2N8O2. The number of hydrogen-bond donors (Lipinski definition) is 3. The monoisotopic (exact) mass is 442 g/mol. The maximum Gasteiger partial charge on any atom is 0.247 e. The van der Waals surface area contributed by atoms with E-state index in [1.165, 1.54) is 10.9 Å². The lowest BCUT2D eigenvalue weighted by atomic mass is 9.76. The van der Waals surface area contributed by atoms with Gasteiger partial charge in [0.25, 0.3) is 0 Å². The third-order valence-corrected chi connectivity index (χ3v) is 5.98.